The number of benzene rings is 2. The monoisotopic (exact) mass is 416 g/mol. The average Bonchev–Trinajstić information content (AvgIpc) is 2.73. The lowest BCUT2D eigenvalue weighted by Crippen LogP contribution is -2.34. The molecule has 0 aromatic heterocycles. The largest absolute Gasteiger partial charge is 0.490 e. The maximum Gasteiger partial charge on any atom is 0.338 e. The van der Waals surface area contributed by atoms with Crippen LogP contribution < -0.4 is 15.4 Å². The van der Waals surface area contributed by atoms with E-state index in [1.54, 1.807) is 55.6 Å². The summed E-state index contributed by atoms with van der Waals surface area (Å²) in [6.45, 7) is 3.06. The van der Waals surface area contributed by atoms with Crippen molar-refractivity contribution in [1.29, 1.82) is 0 Å². The Kier molecular flexibility index (Phi) is 9.07. The van der Waals surface area contributed by atoms with Crippen LogP contribution in [0.3, 0.4) is 0 Å². The van der Waals surface area contributed by atoms with E-state index in [-0.39, 0.29) is 11.1 Å². The second kappa shape index (κ2) is 11.8. The second-order valence-electron chi connectivity index (χ2n) is 5.96. The van der Waals surface area contributed by atoms with Gasteiger partial charge in [0.1, 0.15) is 12.4 Å². The molecule has 0 unspecified atom stereocenters. The molecule has 0 aliphatic carbocycles. The third-order valence-electron chi connectivity index (χ3n) is 3.72. The van der Waals surface area contributed by atoms with Gasteiger partial charge >= 0.3 is 5.97 Å². The number of amides is 1. The molecular formula is C21H24N2O5S. The third-order valence-corrected chi connectivity index (χ3v) is 3.92. The number of nitrogens with one attached hydrogen (secondary N) is 2. The third kappa shape index (κ3) is 7.17. The van der Waals surface area contributed by atoms with Gasteiger partial charge in [-0.05, 0) is 55.0 Å². The average molecular weight is 416 g/mol. The number of methoxy groups -OCH3 is 1. The number of carbonyl (C=O) groups is 2. The lowest BCUT2D eigenvalue weighted by molar-refractivity contribution is 0.0505. The zero-order valence-corrected chi connectivity index (χ0v) is 17.2. The first-order chi connectivity index (χ1) is 14.0. The summed E-state index contributed by atoms with van der Waals surface area (Å²) in [5.74, 6) is -0.325. The number of hydrogen-bond donors (Lipinski definition) is 2. The minimum Gasteiger partial charge on any atom is -0.490 e. The first-order valence-electron chi connectivity index (χ1n) is 9.15. The van der Waals surface area contributed by atoms with Crippen LogP contribution in [0.2, 0.25) is 0 Å². The van der Waals surface area contributed by atoms with Crippen LogP contribution in [0.4, 0.5) is 5.69 Å². The zero-order chi connectivity index (χ0) is 21.1. The van der Waals surface area contributed by atoms with Crippen molar-refractivity contribution in [2.45, 2.75) is 13.3 Å². The Morgan fingerprint density at radius 3 is 2.41 bits per heavy atom. The minimum absolute atomic E-state index is 0.128. The van der Waals surface area contributed by atoms with E-state index >= 15 is 0 Å². The smallest absolute Gasteiger partial charge is 0.338 e. The highest BCUT2D eigenvalue weighted by atomic mass is 32.1. The normalized spacial score (nSPS) is 10.1. The highest BCUT2D eigenvalue weighted by Crippen LogP contribution is 2.18. The molecule has 8 heteroatoms. The fourth-order valence-corrected chi connectivity index (χ4v) is 2.53. The first kappa shape index (κ1) is 22.3. The van der Waals surface area contributed by atoms with Gasteiger partial charge in [-0.3, -0.25) is 10.1 Å². The second-order valence-corrected chi connectivity index (χ2v) is 6.37. The van der Waals surface area contributed by atoms with Crippen LogP contribution in [0.15, 0.2) is 48.5 Å². The van der Waals surface area contributed by atoms with Crippen LogP contribution in [-0.4, -0.2) is 43.9 Å². The Balaban J connectivity index is 1.94. The number of anilines is 1. The topological polar surface area (TPSA) is 85.9 Å². The summed E-state index contributed by atoms with van der Waals surface area (Å²) in [6, 6.07) is 13.5. The SMILES string of the molecule is CCCOC(=O)c1ccc(NC(=S)NC(=O)c2ccccc2OCCOC)cc1. The predicted molar refractivity (Wildman–Crippen MR) is 115 cm³/mol. The van der Waals surface area contributed by atoms with Gasteiger partial charge in [-0.15, -0.1) is 0 Å². The summed E-state index contributed by atoms with van der Waals surface area (Å²) in [6.07, 6.45) is 0.764. The minimum atomic E-state index is -0.393. The molecule has 0 aliphatic heterocycles. The molecule has 0 spiro atoms. The molecule has 2 rings (SSSR count). The van der Waals surface area contributed by atoms with Crippen LogP contribution >= 0.6 is 12.2 Å². The Morgan fingerprint density at radius 2 is 1.72 bits per heavy atom. The van der Waals surface area contributed by atoms with E-state index in [1.807, 2.05) is 6.92 Å². The van der Waals surface area contributed by atoms with E-state index in [0.29, 0.717) is 42.4 Å². The van der Waals surface area contributed by atoms with E-state index in [2.05, 4.69) is 10.6 Å². The van der Waals surface area contributed by atoms with Crippen LogP contribution in [-0.2, 0) is 9.47 Å². The van der Waals surface area contributed by atoms with Gasteiger partial charge in [-0.25, -0.2) is 4.79 Å². The van der Waals surface area contributed by atoms with Gasteiger partial charge in [0.2, 0.25) is 0 Å². The Hall–Kier alpha value is -2.97. The number of carbonyl (C=O) groups excluding carboxylic acids is 2. The van der Waals surface area contributed by atoms with Crippen molar-refractivity contribution in [2.75, 3.05) is 32.2 Å². The van der Waals surface area contributed by atoms with Gasteiger partial charge in [0.15, 0.2) is 5.11 Å². The Labute approximate surface area is 175 Å². The summed E-state index contributed by atoms with van der Waals surface area (Å²) < 4.78 is 15.6. The molecule has 29 heavy (non-hydrogen) atoms. The van der Waals surface area contributed by atoms with E-state index in [9.17, 15) is 9.59 Å². The molecule has 0 radical (unpaired) electrons. The molecule has 0 heterocycles. The van der Waals surface area contributed by atoms with Crippen molar-refractivity contribution in [2.24, 2.45) is 0 Å². The maximum atomic E-state index is 12.5. The highest BCUT2D eigenvalue weighted by Gasteiger charge is 2.14. The number of para-hydroxylation sites is 1. The molecule has 7 nitrogen and oxygen atoms in total. The highest BCUT2D eigenvalue weighted by molar-refractivity contribution is 7.80. The number of hydrogen-bond acceptors (Lipinski definition) is 6. The molecule has 0 bridgehead atoms. The van der Waals surface area contributed by atoms with E-state index in [1.165, 1.54) is 0 Å². The van der Waals surface area contributed by atoms with Crippen LogP contribution in [0.1, 0.15) is 34.1 Å². The van der Waals surface area contributed by atoms with Gasteiger partial charge in [0.25, 0.3) is 5.91 Å². The summed E-state index contributed by atoms with van der Waals surface area (Å²) in [5.41, 5.74) is 1.44. The van der Waals surface area contributed by atoms with Crippen LogP contribution in [0, 0.1) is 0 Å². The molecule has 0 saturated carbocycles. The van der Waals surface area contributed by atoms with Crippen molar-refractivity contribution in [3.8, 4) is 5.75 Å². The molecule has 2 N–H and O–H groups in total. The van der Waals surface area contributed by atoms with Crippen molar-refractivity contribution < 1.29 is 23.8 Å². The molecule has 0 aliphatic rings. The predicted octanol–water partition coefficient (Wildman–Crippen LogP) is 3.41. The summed E-state index contributed by atoms with van der Waals surface area (Å²) >= 11 is 5.21. The van der Waals surface area contributed by atoms with Crippen LogP contribution in [0.25, 0.3) is 0 Å². The van der Waals surface area contributed by atoms with Crippen molar-refractivity contribution in [3.05, 3.63) is 59.7 Å². The number of ether oxygens (including phenoxy) is 3. The fourth-order valence-electron chi connectivity index (χ4n) is 2.32. The fraction of sp³-hybridized carbons (Fsp3) is 0.286. The van der Waals surface area contributed by atoms with Crippen LogP contribution in [0.5, 0.6) is 5.75 Å². The Morgan fingerprint density at radius 1 is 1.00 bits per heavy atom. The van der Waals surface area contributed by atoms with Crippen molar-refractivity contribution in [3.63, 3.8) is 0 Å². The molecular weight excluding hydrogens is 392 g/mol. The number of esters is 1. The van der Waals surface area contributed by atoms with Gasteiger partial charge in [-0.2, -0.15) is 0 Å². The first-order valence-corrected chi connectivity index (χ1v) is 9.56. The molecule has 154 valence electrons. The molecule has 2 aromatic carbocycles. The van der Waals surface area contributed by atoms with Gasteiger partial charge in [0, 0.05) is 12.8 Å². The van der Waals surface area contributed by atoms with E-state index < -0.39 is 5.91 Å². The lowest BCUT2D eigenvalue weighted by atomic mass is 10.2. The van der Waals surface area contributed by atoms with Gasteiger partial charge < -0.3 is 19.5 Å². The van der Waals surface area contributed by atoms with E-state index in [0.717, 1.165) is 6.42 Å². The van der Waals surface area contributed by atoms with Gasteiger partial charge in [-0.1, -0.05) is 19.1 Å². The summed E-state index contributed by atoms with van der Waals surface area (Å²) in [7, 11) is 1.58. The van der Waals surface area contributed by atoms with Crippen molar-refractivity contribution >= 4 is 34.9 Å². The lowest BCUT2D eigenvalue weighted by Gasteiger charge is -2.13. The Bertz CT molecular complexity index is 839. The molecule has 0 fully saturated rings. The van der Waals surface area contributed by atoms with E-state index in [4.69, 9.17) is 26.4 Å². The molecule has 0 atom stereocenters. The summed E-state index contributed by atoms with van der Waals surface area (Å²) in [5, 5.41) is 5.66. The quantitative estimate of drug-likeness (QED) is 0.368. The molecule has 0 saturated heterocycles. The van der Waals surface area contributed by atoms with Gasteiger partial charge in [0.05, 0.1) is 24.3 Å². The molecule has 2 aromatic rings. The molecule has 1 amide bonds. The summed E-state index contributed by atoms with van der Waals surface area (Å²) in [4.78, 5) is 24.4. The number of thiocarbonyl (C=S) groups is 1. The number of rotatable bonds is 9. The van der Waals surface area contributed by atoms with Crippen molar-refractivity contribution in [1.82, 2.24) is 5.32 Å². The maximum absolute atomic E-state index is 12.5. The zero-order valence-electron chi connectivity index (χ0n) is 16.4. The standard InChI is InChI=1S/C21H24N2O5S/c1-3-12-28-20(25)15-8-10-16(11-9-15)22-21(29)23-19(24)17-6-4-5-7-18(17)27-14-13-26-2/h4-11H,3,12-14H2,1-2H3,(H2,22,23,24,29).